The first-order valence-electron chi connectivity index (χ1n) is 9.82. The number of carbonyl (C=O) groups is 1. The van der Waals surface area contributed by atoms with Crippen LogP contribution >= 0.6 is 11.3 Å². The molecule has 0 saturated heterocycles. The lowest BCUT2D eigenvalue weighted by Crippen LogP contribution is -2.36. The molecule has 162 valence electrons. The minimum Gasteiger partial charge on any atom is -0.497 e. The maximum Gasteiger partial charge on any atom is 0.283 e. The number of para-hydroxylation sites is 1. The Morgan fingerprint density at radius 3 is 2.53 bits per heavy atom. The van der Waals surface area contributed by atoms with Gasteiger partial charge in [-0.1, -0.05) is 18.2 Å². The Morgan fingerprint density at radius 1 is 1.12 bits per heavy atom. The Balaban J connectivity index is 1.80. The van der Waals surface area contributed by atoms with E-state index in [1.165, 1.54) is 33.1 Å². The second-order valence-corrected chi connectivity index (χ2v) is 8.06. The Morgan fingerprint density at radius 2 is 1.88 bits per heavy atom. The summed E-state index contributed by atoms with van der Waals surface area (Å²) in [6.07, 6.45) is 0. The largest absolute Gasteiger partial charge is 0.497 e. The molecule has 2 aromatic carbocycles. The molecule has 0 spiro atoms. The zero-order valence-corrected chi connectivity index (χ0v) is 18.3. The molecule has 0 saturated carbocycles. The normalized spacial score (nSPS) is 10.7. The van der Waals surface area contributed by atoms with E-state index in [4.69, 9.17) is 4.74 Å². The summed E-state index contributed by atoms with van der Waals surface area (Å²) in [5, 5.41) is 6.18. The van der Waals surface area contributed by atoms with Crippen molar-refractivity contribution in [1.29, 1.82) is 0 Å². The fourth-order valence-electron chi connectivity index (χ4n) is 3.29. The first kappa shape index (κ1) is 21.5. The molecule has 0 fully saturated rings. The molecule has 6 nitrogen and oxygen atoms in total. The summed E-state index contributed by atoms with van der Waals surface area (Å²) in [5.74, 6) is -0.429. The Kier molecular flexibility index (Phi) is 6.13. The van der Waals surface area contributed by atoms with Crippen molar-refractivity contribution in [2.45, 2.75) is 13.5 Å². The SMILES string of the molecule is COc1ccc(N(Cc2cccs2)C(=O)c2nn(-c3ccccc3F)c(C)cc2=O)cc1. The van der Waals surface area contributed by atoms with Crippen LogP contribution in [0.15, 0.2) is 76.9 Å². The molecule has 0 bridgehead atoms. The van der Waals surface area contributed by atoms with Crippen LogP contribution in [0.2, 0.25) is 0 Å². The summed E-state index contributed by atoms with van der Waals surface area (Å²) in [7, 11) is 1.56. The van der Waals surface area contributed by atoms with Gasteiger partial charge in [0, 0.05) is 22.3 Å². The number of carbonyl (C=O) groups excluding carboxylic acids is 1. The summed E-state index contributed by atoms with van der Waals surface area (Å²) < 4.78 is 20.9. The van der Waals surface area contributed by atoms with Crippen molar-refractivity contribution in [3.63, 3.8) is 0 Å². The molecule has 0 unspecified atom stereocenters. The van der Waals surface area contributed by atoms with E-state index < -0.39 is 17.2 Å². The van der Waals surface area contributed by atoms with E-state index in [9.17, 15) is 14.0 Å². The molecule has 2 aromatic heterocycles. The van der Waals surface area contributed by atoms with Crippen molar-refractivity contribution < 1.29 is 13.9 Å². The van der Waals surface area contributed by atoms with Crippen molar-refractivity contribution in [1.82, 2.24) is 9.78 Å². The van der Waals surface area contributed by atoms with E-state index >= 15 is 0 Å². The van der Waals surface area contributed by atoms with Crippen LogP contribution in [0.3, 0.4) is 0 Å². The number of rotatable bonds is 6. The van der Waals surface area contributed by atoms with E-state index in [0.29, 0.717) is 17.1 Å². The first-order valence-corrected chi connectivity index (χ1v) is 10.7. The van der Waals surface area contributed by atoms with E-state index in [-0.39, 0.29) is 17.9 Å². The zero-order chi connectivity index (χ0) is 22.7. The van der Waals surface area contributed by atoms with Gasteiger partial charge in [0.2, 0.25) is 5.43 Å². The lowest BCUT2D eigenvalue weighted by Gasteiger charge is -2.22. The van der Waals surface area contributed by atoms with Crippen molar-refractivity contribution in [3.05, 3.63) is 104 Å². The van der Waals surface area contributed by atoms with Gasteiger partial charge in [0.25, 0.3) is 5.91 Å². The Labute approximate surface area is 188 Å². The fourth-order valence-corrected chi connectivity index (χ4v) is 3.98. The number of halogens is 1. The van der Waals surface area contributed by atoms with Gasteiger partial charge >= 0.3 is 0 Å². The van der Waals surface area contributed by atoms with Gasteiger partial charge in [0.15, 0.2) is 5.69 Å². The van der Waals surface area contributed by atoms with E-state index in [2.05, 4.69) is 5.10 Å². The minimum atomic E-state index is -0.571. The Hall–Kier alpha value is -3.78. The lowest BCUT2D eigenvalue weighted by atomic mass is 10.2. The molecule has 0 radical (unpaired) electrons. The molecule has 4 aromatic rings. The van der Waals surface area contributed by atoms with Gasteiger partial charge in [0.1, 0.15) is 17.3 Å². The molecule has 8 heteroatoms. The number of aryl methyl sites for hydroxylation is 1. The van der Waals surface area contributed by atoms with Crippen molar-refractivity contribution in [2.75, 3.05) is 12.0 Å². The van der Waals surface area contributed by atoms with Crippen LogP contribution in [0.1, 0.15) is 21.1 Å². The Bertz CT molecular complexity index is 1300. The van der Waals surface area contributed by atoms with Crippen molar-refractivity contribution in [2.24, 2.45) is 0 Å². The molecule has 2 heterocycles. The number of methoxy groups -OCH3 is 1. The molecule has 0 atom stereocenters. The van der Waals surface area contributed by atoms with Gasteiger partial charge in [-0.2, -0.15) is 5.10 Å². The van der Waals surface area contributed by atoms with Gasteiger partial charge in [0.05, 0.1) is 13.7 Å². The van der Waals surface area contributed by atoms with Crippen LogP contribution in [0.4, 0.5) is 10.1 Å². The second-order valence-electron chi connectivity index (χ2n) is 7.03. The molecule has 4 rings (SSSR count). The van der Waals surface area contributed by atoms with Gasteiger partial charge in [-0.15, -0.1) is 11.3 Å². The van der Waals surface area contributed by atoms with Gasteiger partial charge in [-0.05, 0) is 54.8 Å². The van der Waals surface area contributed by atoms with E-state index in [1.54, 1.807) is 56.5 Å². The van der Waals surface area contributed by atoms with Crippen LogP contribution in [0.25, 0.3) is 5.69 Å². The third-order valence-electron chi connectivity index (χ3n) is 4.91. The van der Waals surface area contributed by atoms with Crippen LogP contribution in [-0.4, -0.2) is 22.8 Å². The van der Waals surface area contributed by atoms with E-state index in [0.717, 1.165) is 4.88 Å². The fraction of sp³-hybridized carbons (Fsp3) is 0.125. The molecular formula is C24H20FN3O3S. The molecule has 32 heavy (non-hydrogen) atoms. The summed E-state index contributed by atoms with van der Waals surface area (Å²) >= 11 is 1.50. The van der Waals surface area contributed by atoms with Crippen LogP contribution in [0.5, 0.6) is 5.75 Å². The molecule has 0 N–H and O–H groups in total. The number of benzene rings is 2. The third-order valence-corrected chi connectivity index (χ3v) is 5.78. The van der Waals surface area contributed by atoms with Crippen LogP contribution < -0.4 is 15.1 Å². The van der Waals surface area contributed by atoms with Gasteiger partial charge < -0.3 is 9.64 Å². The highest BCUT2D eigenvalue weighted by Gasteiger charge is 2.24. The highest BCUT2D eigenvalue weighted by Crippen LogP contribution is 2.24. The first-order chi connectivity index (χ1) is 15.5. The van der Waals surface area contributed by atoms with Crippen molar-refractivity contribution >= 4 is 22.9 Å². The standard InChI is InChI=1S/C24H20FN3O3S/c1-16-14-22(29)23(26-28(16)21-8-4-3-7-20(21)25)24(30)27(15-19-6-5-13-32-19)17-9-11-18(31-2)12-10-17/h3-14H,15H2,1-2H3. The lowest BCUT2D eigenvalue weighted by molar-refractivity contribution is 0.0977. The average Bonchev–Trinajstić information content (AvgIpc) is 3.31. The number of hydrogen-bond acceptors (Lipinski definition) is 5. The summed E-state index contributed by atoms with van der Waals surface area (Å²) in [4.78, 5) is 28.7. The molecule has 0 aliphatic rings. The number of amides is 1. The smallest absolute Gasteiger partial charge is 0.283 e. The maximum absolute atomic E-state index is 14.4. The number of anilines is 1. The summed E-state index contributed by atoms with van der Waals surface area (Å²) in [5.41, 5.74) is 0.360. The highest BCUT2D eigenvalue weighted by atomic mass is 32.1. The average molecular weight is 450 g/mol. The number of hydrogen-bond donors (Lipinski definition) is 0. The second kappa shape index (κ2) is 9.15. The minimum absolute atomic E-state index is 0.160. The molecule has 1 amide bonds. The topological polar surface area (TPSA) is 64.4 Å². The maximum atomic E-state index is 14.4. The van der Waals surface area contributed by atoms with Gasteiger partial charge in [-0.25, -0.2) is 9.07 Å². The monoisotopic (exact) mass is 449 g/mol. The highest BCUT2D eigenvalue weighted by molar-refractivity contribution is 7.09. The molecule has 0 aliphatic carbocycles. The van der Waals surface area contributed by atoms with Crippen molar-refractivity contribution in [3.8, 4) is 11.4 Å². The molecular weight excluding hydrogens is 429 g/mol. The predicted octanol–water partition coefficient (Wildman–Crippen LogP) is 4.60. The summed E-state index contributed by atoms with van der Waals surface area (Å²) in [6.45, 7) is 1.90. The predicted molar refractivity (Wildman–Crippen MR) is 122 cm³/mol. The number of thiophene rings is 1. The number of ether oxygens (including phenoxy) is 1. The number of aromatic nitrogens is 2. The van der Waals surface area contributed by atoms with Crippen LogP contribution in [0, 0.1) is 12.7 Å². The zero-order valence-electron chi connectivity index (χ0n) is 17.5. The van der Waals surface area contributed by atoms with Crippen LogP contribution in [-0.2, 0) is 6.54 Å². The van der Waals surface area contributed by atoms with E-state index in [1.807, 2.05) is 17.5 Å². The quantitative estimate of drug-likeness (QED) is 0.432. The van der Waals surface area contributed by atoms with Gasteiger partial charge in [-0.3, -0.25) is 9.59 Å². The summed E-state index contributed by atoms with van der Waals surface area (Å²) in [6, 6.07) is 18.1. The molecule has 0 aliphatic heterocycles. The number of nitrogens with zero attached hydrogens (tertiary/aromatic N) is 3. The third kappa shape index (κ3) is 4.31.